The number of para-hydroxylation sites is 1. The Hall–Kier alpha value is -4.20. The molecule has 0 fully saturated rings. The molecule has 2 heterocycles. The summed E-state index contributed by atoms with van der Waals surface area (Å²) >= 11 is 0. The number of hydrogen-bond acceptors (Lipinski definition) is 5. The Kier molecular flexibility index (Phi) is 7.33. The van der Waals surface area contributed by atoms with Gasteiger partial charge in [-0.1, -0.05) is 75.7 Å². The maximum absolute atomic E-state index is 14.2. The number of unbranched alkanes of at least 4 members (excludes halogenated alkanes) is 1. The highest BCUT2D eigenvalue weighted by Crippen LogP contribution is 2.28. The number of hydrogen-bond donors (Lipinski definition) is 2. The molecule has 1 amide bonds. The van der Waals surface area contributed by atoms with Crippen LogP contribution < -0.4 is 21.9 Å². The number of carbonyl (C=O) groups excluding carboxylic acids is 1. The zero-order chi connectivity index (χ0) is 25.8. The van der Waals surface area contributed by atoms with E-state index in [1.807, 2.05) is 75.4 Å². The summed E-state index contributed by atoms with van der Waals surface area (Å²) < 4.78 is 1.33. The molecule has 186 valence electrons. The molecule has 2 aromatic carbocycles. The number of nitrogens with zero attached hydrogens (tertiary/aromatic N) is 3. The Morgan fingerprint density at radius 2 is 1.78 bits per heavy atom. The van der Waals surface area contributed by atoms with E-state index >= 15 is 0 Å². The topological polar surface area (TPSA) is 114 Å². The van der Waals surface area contributed by atoms with Crippen molar-refractivity contribution in [2.75, 3.05) is 17.2 Å². The van der Waals surface area contributed by atoms with Crippen LogP contribution in [0, 0.1) is 5.92 Å². The minimum absolute atomic E-state index is 0.00384. The predicted octanol–water partition coefficient (Wildman–Crippen LogP) is 4.44. The number of pyridine rings is 1. The number of rotatable bonds is 8. The van der Waals surface area contributed by atoms with E-state index in [0.717, 1.165) is 12.0 Å². The van der Waals surface area contributed by atoms with Crippen molar-refractivity contribution in [3.63, 3.8) is 0 Å². The molecule has 8 heteroatoms. The van der Waals surface area contributed by atoms with Crippen molar-refractivity contribution < 1.29 is 4.79 Å². The molecule has 36 heavy (non-hydrogen) atoms. The molecule has 3 N–H and O–H groups in total. The van der Waals surface area contributed by atoms with Crippen LogP contribution in [0.3, 0.4) is 0 Å². The number of aromatic nitrogens is 3. The Balaban J connectivity index is 1.93. The van der Waals surface area contributed by atoms with Gasteiger partial charge in [0.2, 0.25) is 0 Å². The summed E-state index contributed by atoms with van der Waals surface area (Å²) in [5.41, 5.74) is 7.74. The molecule has 0 saturated carbocycles. The third-order valence-corrected chi connectivity index (χ3v) is 6.03. The lowest BCUT2D eigenvalue weighted by Crippen LogP contribution is -2.42. The van der Waals surface area contributed by atoms with Crippen LogP contribution in [0.2, 0.25) is 0 Å². The molecular formula is C28H31N5O3. The second-order valence-electron chi connectivity index (χ2n) is 9.25. The van der Waals surface area contributed by atoms with Gasteiger partial charge in [-0.2, -0.15) is 0 Å². The van der Waals surface area contributed by atoms with E-state index in [2.05, 4.69) is 4.98 Å². The fourth-order valence-corrected chi connectivity index (χ4v) is 4.27. The summed E-state index contributed by atoms with van der Waals surface area (Å²) in [6.45, 7) is 6.50. The monoisotopic (exact) mass is 485 g/mol. The molecular weight excluding hydrogens is 454 g/mol. The number of nitrogens with one attached hydrogen (secondary N) is 1. The maximum Gasteiger partial charge on any atom is 0.330 e. The van der Waals surface area contributed by atoms with Crippen molar-refractivity contribution in [3.8, 4) is 11.3 Å². The second kappa shape index (κ2) is 10.6. The highest BCUT2D eigenvalue weighted by Gasteiger charge is 2.27. The smallest absolute Gasteiger partial charge is 0.330 e. The summed E-state index contributed by atoms with van der Waals surface area (Å²) in [6, 6.07) is 18.8. The third kappa shape index (κ3) is 4.93. The Bertz CT molecular complexity index is 1510. The van der Waals surface area contributed by atoms with Crippen LogP contribution >= 0.6 is 0 Å². The summed E-state index contributed by atoms with van der Waals surface area (Å²) in [7, 11) is 0. The van der Waals surface area contributed by atoms with E-state index in [1.165, 1.54) is 9.47 Å². The second-order valence-corrected chi connectivity index (χ2v) is 9.25. The quantitative estimate of drug-likeness (QED) is 0.383. The molecule has 0 bridgehead atoms. The highest BCUT2D eigenvalue weighted by atomic mass is 16.2. The Morgan fingerprint density at radius 1 is 1.08 bits per heavy atom. The van der Waals surface area contributed by atoms with Gasteiger partial charge in [-0.05, 0) is 24.5 Å². The van der Waals surface area contributed by atoms with E-state index in [0.29, 0.717) is 35.1 Å². The number of fused-ring (bicyclic) bond motifs is 1. The van der Waals surface area contributed by atoms with Crippen LogP contribution in [0.25, 0.3) is 22.2 Å². The first kappa shape index (κ1) is 24.9. The van der Waals surface area contributed by atoms with Gasteiger partial charge >= 0.3 is 5.69 Å². The summed E-state index contributed by atoms with van der Waals surface area (Å²) in [5, 5.41) is 0.675. The van der Waals surface area contributed by atoms with Gasteiger partial charge in [0.1, 0.15) is 5.82 Å². The third-order valence-electron chi connectivity index (χ3n) is 6.03. The SMILES string of the molecule is CCCCN(C(=O)c1cc(-c2ccccc2)nc2ccccc12)c1c(N)n(CC(C)C)c(=O)[nH]c1=O. The van der Waals surface area contributed by atoms with Crippen molar-refractivity contribution in [1.29, 1.82) is 0 Å². The van der Waals surface area contributed by atoms with Gasteiger partial charge in [0.15, 0.2) is 5.69 Å². The molecule has 0 saturated heterocycles. The lowest BCUT2D eigenvalue weighted by molar-refractivity contribution is 0.0987. The Labute approximate surface area is 209 Å². The zero-order valence-electron chi connectivity index (χ0n) is 20.8. The van der Waals surface area contributed by atoms with E-state index in [1.54, 1.807) is 6.07 Å². The van der Waals surface area contributed by atoms with E-state index in [-0.39, 0.29) is 29.9 Å². The molecule has 0 radical (unpaired) electrons. The van der Waals surface area contributed by atoms with Gasteiger partial charge < -0.3 is 10.6 Å². The Morgan fingerprint density at radius 3 is 2.47 bits per heavy atom. The van der Waals surface area contributed by atoms with Crippen molar-refractivity contribution in [2.45, 2.75) is 40.2 Å². The van der Waals surface area contributed by atoms with Crippen LogP contribution in [0.15, 0.2) is 70.3 Å². The van der Waals surface area contributed by atoms with Crippen molar-refractivity contribution >= 4 is 28.3 Å². The van der Waals surface area contributed by atoms with Crippen LogP contribution in [-0.4, -0.2) is 27.0 Å². The number of anilines is 2. The van der Waals surface area contributed by atoms with Crippen molar-refractivity contribution in [1.82, 2.24) is 14.5 Å². The first-order valence-corrected chi connectivity index (χ1v) is 12.2. The minimum atomic E-state index is -0.677. The summed E-state index contributed by atoms with van der Waals surface area (Å²) in [6.07, 6.45) is 1.46. The van der Waals surface area contributed by atoms with Crippen LogP contribution in [-0.2, 0) is 6.54 Å². The molecule has 4 rings (SSSR count). The number of H-pyrrole nitrogens is 1. The van der Waals surface area contributed by atoms with Gasteiger partial charge in [0, 0.05) is 24.0 Å². The highest BCUT2D eigenvalue weighted by molar-refractivity contribution is 6.14. The number of nitrogens with two attached hydrogens (primary N) is 1. The molecule has 0 spiro atoms. The molecule has 0 atom stereocenters. The summed E-state index contributed by atoms with van der Waals surface area (Å²) in [5.74, 6) is -0.268. The van der Waals surface area contributed by atoms with Gasteiger partial charge in [0.05, 0.1) is 16.8 Å². The first-order chi connectivity index (χ1) is 17.3. The number of benzene rings is 2. The predicted molar refractivity (Wildman–Crippen MR) is 144 cm³/mol. The maximum atomic E-state index is 14.2. The van der Waals surface area contributed by atoms with Crippen LogP contribution in [0.4, 0.5) is 11.5 Å². The number of nitrogen functional groups attached to an aromatic ring is 1. The summed E-state index contributed by atoms with van der Waals surface area (Å²) in [4.78, 5) is 48.3. The van der Waals surface area contributed by atoms with Gasteiger partial charge in [-0.25, -0.2) is 9.78 Å². The molecule has 0 aliphatic heterocycles. The van der Waals surface area contributed by atoms with Crippen LogP contribution in [0.5, 0.6) is 0 Å². The molecule has 4 aromatic rings. The van der Waals surface area contributed by atoms with Crippen LogP contribution in [0.1, 0.15) is 44.0 Å². The fraction of sp³-hybridized carbons (Fsp3) is 0.286. The van der Waals surface area contributed by atoms with E-state index < -0.39 is 11.2 Å². The molecule has 0 aliphatic carbocycles. The van der Waals surface area contributed by atoms with Crippen molar-refractivity contribution in [3.05, 3.63) is 87.1 Å². The lowest BCUT2D eigenvalue weighted by Gasteiger charge is -2.25. The van der Waals surface area contributed by atoms with E-state index in [4.69, 9.17) is 10.7 Å². The zero-order valence-corrected chi connectivity index (χ0v) is 20.8. The molecule has 2 aromatic heterocycles. The standard InChI is InChI=1S/C28H31N5O3/c1-4-5-15-32(24-25(29)33(17-18(2)3)28(36)31-26(24)34)27(35)21-16-23(19-11-7-6-8-12-19)30-22-14-10-9-13-20(21)22/h6-14,16,18H,4-5,15,17,29H2,1-3H3,(H,31,34,36). The molecule has 0 unspecified atom stereocenters. The van der Waals surface area contributed by atoms with Gasteiger partial charge in [-0.15, -0.1) is 0 Å². The van der Waals surface area contributed by atoms with Gasteiger partial charge in [0.25, 0.3) is 11.5 Å². The largest absolute Gasteiger partial charge is 0.383 e. The number of carbonyl (C=O) groups is 1. The molecule has 8 nitrogen and oxygen atoms in total. The fourth-order valence-electron chi connectivity index (χ4n) is 4.27. The number of aromatic amines is 1. The first-order valence-electron chi connectivity index (χ1n) is 12.2. The van der Waals surface area contributed by atoms with Crippen molar-refractivity contribution in [2.24, 2.45) is 5.92 Å². The average molecular weight is 486 g/mol. The lowest BCUT2D eigenvalue weighted by atomic mass is 10.0. The minimum Gasteiger partial charge on any atom is -0.383 e. The molecule has 0 aliphatic rings. The average Bonchev–Trinajstić information content (AvgIpc) is 2.87. The van der Waals surface area contributed by atoms with E-state index in [9.17, 15) is 14.4 Å². The normalized spacial score (nSPS) is 11.2. The van der Waals surface area contributed by atoms with Gasteiger partial charge in [-0.3, -0.25) is 19.1 Å². The number of amides is 1.